The van der Waals surface area contributed by atoms with Gasteiger partial charge in [0.1, 0.15) is 5.75 Å². The third kappa shape index (κ3) is 4.63. The molecule has 0 saturated heterocycles. The molecule has 0 fully saturated rings. The fraction of sp³-hybridized carbons (Fsp3) is 0.333. The molecule has 0 aliphatic carbocycles. The molecule has 1 atom stereocenters. The Labute approximate surface area is 141 Å². The number of hydrogen-bond donors (Lipinski definition) is 1. The second kappa shape index (κ2) is 7.69. The smallest absolute Gasteiger partial charge is 0.119 e. The number of benzene rings is 2. The van der Waals surface area contributed by atoms with Crippen LogP contribution in [0.2, 0.25) is 0 Å². The summed E-state index contributed by atoms with van der Waals surface area (Å²) >= 11 is 2.34. The predicted molar refractivity (Wildman–Crippen MR) is 98.2 cm³/mol. The number of rotatable bonds is 6. The van der Waals surface area contributed by atoms with Crippen LogP contribution in [0.4, 0.5) is 5.69 Å². The van der Waals surface area contributed by atoms with E-state index in [4.69, 9.17) is 4.74 Å². The summed E-state index contributed by atoms with van der Waals surface area (Å²) in [4.78, 5) is 0. The van der Waals surface area contributed by atoms with Crippen LogP contribution in [0.3, 0.4) is 0 Å². The minimum Gasteiger partial charge on any atom is -0.494 e. The third-order valence-corrected chi connectivity index (χ3v) is 4.08. The van der Waals surface area contributed by atoms with Crippen molar-refractivity contribution >= 4 is 28.3 Å². The zero-order valence-electron chi connectivity index (χ0n) is 12.8. The molecule has 21 heavy (non-hydrogen) atoms. The Bertz CT molecular complexity index is 580. The zero-order chi connectivity index (χ0) is 15.2. The molecule has 1 N–H and O–H groups in total. The van der Waals surface area contributed by atoms with Gasteiger partial charge in [-0.1, -0.05) is 19.1 Å². The molecule has 0 aliphatic heterocycles. The summed E-state index contributed by atoms with van der Waals surface area (Å²) in [5, 5.41) is 3.57. The van der Waals surface area contributed by atoms with Crippen molar-refractivity contribution in [2.24, 2.45) is 0 Å². The van der Waals surface area contributed by atoms with Crippen LogP contribution in [0.1, 0.15) is 37.4 Å². The van der Waals surface area contributed by atoms with Crippen molar-refractivity contribution in [3.05, 3.63) is 57.2 Å². The summed E-state index contributed by atoms with van der Waals surface area (Å²) < 4.78 is 6.88. The molecule has 0 saturated carbocycles. The Kier molecular flexibility index (Phi) is 5.91. The summed E-state index contributed by atoms with van der Waals surface area (Å²) in [6.07, 6.45) is 1.03. The molecule has 0 aromatic heterocycles. The van der Waals surface area contributed by atoms with E-state index in [-0.39, 0.29) is 6.04 Å². The first-order valence-corrected chi connectivity index (χ1v) is 8.43. The maximum Gasteiger partial charge on any atom is 0.119 e. The Morgan fingerprint density at radius 2 is 1.86 bits per heavy atom. The van der Waals surface area contributed by atoms with E-state index in [0.717, 1.165) is 18.8 Å². The van der Waals surface area contributed by atoms with Gasteiger partial charge in [-0.25, -0.2) is 0 Å². The largest absolute Gasteiger partial charge is 0.494 e. The number of aryl methyl sites for hydroxylation is 1. The van der Waals surface area contributed by atoms with Crippen LogP contribution in [0.25, 0.3) is 0 Å². The van der Waals surface area contributed by atoms with Gasteiger partial charge in [-0.15, -0.1) is 0 Å². The summed E-state index contributed by atoms with van der Waals surface area (Å²) in [6, 6.07) is 15.1. The van der Waals surface area contributed by atoms with Crippen LogP contribution in [0.15, 0.2) is 42.5 Å². The van der Waals surface area contributed by atoms with E-state index < -0.39 is 0 Å². The zero-order valence-corrected chi connectivity index (χ0v) is 15.0. The van der Waals surface area contributed by atoms with Crippen molar-refractivity contribution < 1.29 is 4.74 Å². The van der Waals surface area contributed by atoms with Crippen LogP contribution >= 0.6 is 22.6 Å². The van der Waals surface area contributed by atoms with E-state index in [1.54, 1.807) is 0 Å². The van der Waals surface area contributed by atoms with Gasteiger partial charge in [-0.3, -0.25) is 0 Å². The van der Waals surface area contributed by atoms with Gasteiger partial charge in [0, 0.05) is 15.3 Å². The molecule has 0 spiro atoms. The highest BCUT2D eigenvalue weighted by Crippen LogP contribution is 2.24. The molecular formula is C18H22INO. The molecule has 0 heterocycles. The summed E-state index contributed by atoms with van der Waals surface area (Å²) in [5.74, 6) is 0.943. The molecule has 2 rings (SSSR count). The molecule has 0 radical (unpaired) electrons. The summed E-state index contributed by atoms with van der Waals surface area (Å²) in [7, 11) is 0. The molecule has 2 aromatic carbocycles. The van der Waals surface area contributed by atoms with Gasteiger partial charge in [0.25, 0.3) is 0 Å². The minimum atomic E-state index is 0.268. The monoisotopic (exact) mass is 395 g/mol. The maximum atomic E-state index is 5.62. The molecule has 3 heteroatoms. The lowest BCUT2D eigenvalue weighted by Crippen LogP contribution is -2.07. The minimum absolute atomic E-state index is 0.268. The van der Waals surface area contributed by atoms with Gasteiger partial charge in [0.2, 0.25) is 0 Å². The van der Waals surface area contributed by atoms with Gasteiger partial charge in [-0.05, 0) is 84.3 Å². The summed E-state index contributed by atoms with van der Waals surface area (Å²) in [5.41, 5.74) is 3.72. The fourth-order valence-corrected chi connectivity index (χ4v) is 2.83. The standard InChI is InChI=1S/C18H22INO/c1-4-11-21-17-8-5-15(6-9-17)14(3)20-18-10-7-16(19)12-13(18)2/h5-10,12,14,20H,4,11H2,1-3H3. The quantitative estimate of drug-likeness (QED) is 0.647. The molecular weight excluding hydrogens is 373 g/mol. The lowest BCUT2D eigenvalue weighted by molar-refractivity contribution is 0.317. The Hall–Kier alpha value is -1.23. The molecule has 0 amide bonds. The second-order valence-corrected chi connectivity index (χ2v) is 6.49. The van der Waals surface area contributed by atoms with Gasteiger partial charge >= 0.3 is 0 Å². The molecule has 0 aliphatic rings. The highest BCUT2D eigenvalue weighted by Gasteiger charge is 2.07. The predicted octanol–water partition coefficient (Wildman–Crippen LogP) is 5.56. The van der Waals surface area contributed by atoms with Crippen molar-refractivity contribution in [1.82, 2.24) is 0 Å². The number of hydrogen-bond acceptors (Lipinski definition) is 2. The first-order chi connectivity index (χ1) is 10.1. The SMILES string of the molecule is CCCOc1ccc(C(C)Nc2ccc(I)cc2C)cc1. The van der Waals surface area contributed by atoms with Crippen LogP contribution in [-0.4, -0.2) is 6.61 Å². The lowest BCUT2D eigenvalue weighted by atomic mass is 10.1. The van der Waals surface area contributed by atoms with Crippen LogP contribution in [0, 0.1) is 10.5 Å². The molecule has 112 valence electrons. The third-order valence-electron chi connectivity index (χ3n) is 3.41. The average Bonchev–Trinajstić information content (AvgIpc) is 2.48. The molecule has 0 bridgehead atoms. The Morgan fingerprint density at radius 3 is 2.48 bits per heavy atom. The first kappa shape index (κ1) is 16.1. The van der Waals surface area contributed by atoms with Crippen LogP contribution < -0.4 is 10.1 Å². The maximum absolute atomic E-state index is 5.62. The topological polar surface area (TPSA) is 21.3 Å². The number of halogens is 1. The average molecular weight is 395 g/mol. The van der Waals surface area contributed by atoms with E-state index >= 15 is 0 Å². The van der Waals surface area contributed by atoms with E-state index in [2.05, 4.69) is 79.0 Å². The summed E-state index contributed by atoms with van der Waals surface area (Å²) in [6.45, 7) is 7.21. The fourth-order valence-electron chi connectivity index (χ4n) is 2.18. The second-order valence-electron chi connectivity index (χ2n) is 5.24. The van der Waals surface area contributed by atoms with Crippen molar-refractivity contribution in [1.29, 1.82) is 0 Å². The lowest BCUT2D eigenvalue weighted by Gasteiger charge is -2.18. The van der Waals surface area contributed by atoms with Gasteiger partial charge in [0.05, 0.1) is 6.61 Å². The van der Waals surface area contributed by atoms with Crippen molar-refractivity contribution in [3.8, 4) is 5.75 Å². The number of nitrogens with one attached hydrogen (secondary N) is 1. The van der Waals surface area contributed by atoms with E-state index in [0.29, 0.717) is 0 Å². The first-order valence-electron chi connectivity index (χ1n) is 7.35. The highest BCUT2D eigenvalue weighted by molar-refractivity contribution is 14.1. The Morgan fingerprint density at radius 1 is 1.14 bits per heavy atom. The molecule has 1 unspecified atom stereocenters. The molecule has 2 nitrogen and oxygen atoms in total. The van der Waals surface area contributed by atoms with Crippen LogP contribution in [-0.2, 0) is 0 Å². The Balaban J connectivity index is 2.04. The van der Waals surface area contributed by atoms with Crippen LogP contribution in [0.5, 0.6) is 5.75 Å². The number of ether oxygens (including phenoxy) is 1. The normalized spacial score (nSPS) is 12.0. The van der Waals surface area contributed by atoms with Crippen molar-refractivity contribution in [2.45, 2.75) is 33.2 Å². The van der Waals surface area contributed by atoms with Gasteiger partial charge < -0.3 is 10.1 Å². The number of anilines is 1. The van der Waals surface area contributed by atoms with Gasteiger partial charge in [-0.2, -0.15) is 0 Å². The van der Waals surface area contributed by atoms with E-state index in [1.807, 2.05) is 12.1 Å². The van der Waals surface area contributed by atoms with Gasteiger partial charge in [0.15, 0.2) is 0 Å². The van der Waals surface area contributed by atoms with Crippen molar-refractivity contribution in [2.75, 3.05) is 11.9 Å². The van der Waals surface area contributed by atoms with E-state index in [1.165, 1.54) is 20.4 Å². The van der Waals surface area contributed by atoms with E-state index in [9.17, 15) is 0 Å². The molecule has 2 aromatic rings. The van der Waals surface area contributed by atoms with Crippen molar-refractivity contribution in [3.63, 3.8) is 0 Å². The highest BCUT2D eigenvalue weighted by atomic mass is 127.